The SMILES string of the molecule is Cc1cc(C)n2cc(COc3ccsc3C(=O)O)nc2n1. The van der Waals surface area contributed by atoms with Crippen LogP contribution in [0, 0.1) is 13.8 Å². The molecular formula is C14H13N3O3S. The first-order chi connectivity index (χ1) is 10.0. The lowest BCUT2D eigenvalue weighted by Crippen LogP contribution is -2.00. The molecule has 0 aromatic carbocycles. The van der Waals surface area contributed by atoms with E-state index in [1.807, 2.05) is 30.5 Å². The van der Waals surface area contributed by atoms with Crippen LogP contribution in [0.4, 0.5) is 0 Å². The molecule has 0 aliphatic rings. The Morgan fingerprint density at radius 3 is 3.00 bits per heavy atom. The van der Waals surface area contributed by atoms with E-state index in [0.29, 0.717) is 17.2 Å². The van der Waals surface area contributed by atoms with Crippen LogP contribution in [0.15, 0.2) is 23.7 Å². The van der Waals surface area contributed by atoms with Gasteiger partial charge >= 0.3 is 5.97 Å². The number of ether oxygens (including phenoxy) is 1. The van der Waals surface area contributed by atoms with Crippen LogP contribution in [0.2, 0.25) is 0 Å². The zero-order valence-electron chi connectivity index (χ0n) is 11.5. The highest BCUT2D eigenvalue weighted by Crippen LogP contribution is 2.25. The smallest absolute Gasteiger partial charge is 0.349 e. The predicted molar refractivity (Wildman–Crippen MR) is 78.1 cm³/mol. The Balaban J connectivity index is 1.84. The number of thiophene rings is 1. The first kappa shape index (κ1) is 13.6. The molecule has 3 heterocycles. The second-order valence-electron chi connectivity index (χ2n) is 4.65. The number of hydrogen-bond donors (Lipinski definition) is 1. The Labute approximate surface area is 124 Å². The van der Waals surface area contributed by atoms with Crippen LogP contribution in [0.3, 0.4) is 0 Å². The quantitative estimate of drug-likeness (QED) is 0.802. The zero-order valence-corrected chi connectivity index (χ0v) is 12.3. The lowest BCUT2D eigenvalue weighted by atomic mass is 10.3. The normalized spacial score (nSPS) is 11.0. The Kier molecular flexibility index (Phi) is 3.34. The molecular weight excluding hydrogens is 290 g/mol. The maximum atomic E-state index is 11.0. The van der Waals surface area contributed by atoms with Crippen LogP contribution in [-0.2, 0) is 6.61 Å². The van der Waals surface area contributed by atoms with Crippen molar-refractivity contribution in [1.29, 1.82) is 0 Å². The van der Waals surface area contributed by atoms with Crippen molar-refractivity contribution in [1.82, 2.24) is 14.4 Å². The van der Waals surface area contributed by atoms with Gasteiger partial charge in [-0.15, -0.1) is 11.3 Å². The Bertz CT molecular complexity index is 822. The first-order valence-electron chi connectivity index (χ1n) is 6.30. The molecule has 108 valence electrons. The summed E-state index contributed by atoms with van der Waals surface area (Å²) in [4.78, 5) is 20.0. The van der Waals surface area contributed by atoms with E-state index >= 15 is 0 Å². The third kappa shape index (κ3) is 2.59. The summed E-state index contributed by atoms with van der Waals surface area (Å²) in [5.74, 6) is 0.00318. The average Bonchev–Trinajstić information content (AvgIpc) is 3.01. The van der Waals surface area contributed by atoms with E-state index in [2.05, 4.69) is 9.97 Å². The summed E-state index contributed by atoms with van der Waals surface area (Å²) < 4.78 is 7.44. The molecule has 0 fully saturated rings. The van der Waals surface area contributed by atoms with E-state index in [0.717, 1.165) is 22.7 Å². The topological polar surface area (TPSA) is 76.7 Å². The van der Waals surface area contributed by atoms with Gasteiger partial charge in [-0.25, -0.2) is 14.8 Å². The highest BCUT2D eigenvalue weighted by atomic mass is 32.1. The van der Waals surface area contributed by atoms with Crippen molar-refractivity contribution in [2.45, 2.75) is 20.5 Å². The number of aromatic carboxylic acids is 1. The Morgan fingerprint density at radius 2 is 2.24 bits per heavy atom. The van der Waals surface area contributed by atoms with Gasteiger partial charge in [0.1, 0.15) is 12.4 Å². The number of aromatic nitrogens is 3. The van der Waals surface area contributed by atoms with Crippen molar-refractivity contribution in [2.75, 3.05) is 0 Å². The molecule has 1 N–H and O–H groups in total. The van der Waals surface area contributed by atoms with Crippen molar-refractivity contribution < 1.29 is 14.6 Å². The number of aryl methyl sites for hydroxylation is 2. The molecule has 0 aliphatic heterocycles. The molecule has 3 rings (SSSR count). The minimum Gasteiger partial charge on any atom is -0.485 e. The molecule has 0 unspecified atom stereocenters. The van der Waals surface area contributed by atoms with Gasteiger partial charge in [0, 0.05) is 17.6 Å². The Hall–Kier alpha value is -2.41. The van der Waals surface area contributed by atoms with Gasteiger partial charge < -0.3 is 9.84 Å². The monoisotopic (exact) mass is 303 g/mol. The molecule has 0 spiro atoms. The number of hydrogen-bond acceptors (Lipinski definition) is 5. The van der Waals surface area contributed by atoms with Crippen molar-refractivity contribution in [3.8, 4) is 5.75 Å². The van der Waals surface area contributed by atoms with E-state index in [9.17, 15) is 4.79 Å². The third-order valence-corrected chi connectivity index (χ3v) is 3.89. The molecule has 0 atom stereocenters. The molecule has 6 nitrogen and oxygen atoms in total. The molecule has 0 saturated heterocycles. The van der Waals surface area contributed by atoms with Gasteiger partial charge in [-0.1, -0.05) is 0 Å². The molecule has 3 aromatic rings. The highest BCUT2D eigenvalue weighted by Gasteiger charge is 2.14. The fourth-order valence-electron chi connectivity index (χ4n) is 2.11. The molecule has 0 bridgehead atoms. The summed E-state index contributed by atoms with van der Waals surface area (Å²) in [6.45, 7) is 4.11. The van der Waals surface area contributed by atoms with Gasteiger partial charge in [0.15, 0.2) is 4.88 Å². The molecule has 0 radical (unpaired) electrons. The molecule has 21 heavy (non-hydrogen) atoms. The number of fused-ring (bicyclic) bond motifs is 1. The fourth-order valence-corrected chi connectivity index (χ4v) is 2.78. The number of imidazole rings is 1. The van der Waals surface area contributed by atoms with Crippen LogP contribution in [0.5, 0.6) is 5.75 Å². The van der Waals surface area contributed by atoms with Crippen LogP contribution < -0.4 is 4.74 Å². The molecule has 0 aliphatic carbocycles. The predicted octanol–water partition coefficient (Wildman–Crippen LogP) is 2.68. The van der Waals surface area contributed by atoms with E-state index in [1.54, 1.807) is 11.4 Å². The summed E-state index contributed by atoms with van der Waals surface area (Å²) in [5, 5.41) is 10.7. The minimum atomic E-state index is -0.983. The Morgan fingerprint density at radius 1 is 1.43 bits per heavy atom. The highest BCUT2D eigenvalue weighted by molar-refractivity contribution is 7.12. The van der Waals surface area contributed by atoms with Gasteiger partial charge in [0.25, 0.3) is 0 Å². The van der Waals surface area contributed by atoms with Gasteiger partial charge in [-0.05, 0) is 31.4 Å². The lowest BCUT2D eigenvalue weighted by molar-refractivity contribution is 0.0697. The second kappa shape index (κ2) is 5.17. The van der Waals surface area contributed by atoms with Gasteiger partial charge in [0.05, 0.1) is 5.69 Å². The standard InChI is InChI=1S/C14H13N3O3S/c1-8-5-9(2)17-6-10(16-14(17)15-8)7-20-11-3-4-21-12(11)13(18)19/h3-6H,7H2,1-2H3,(H,18,19). The first-order valence-corrected chi connectivity index (χ1v) is 7.18. The maximum absolute atomic E-state index is 11.0. The van der Waals surface area contributed by atoms with E-state index in [-0.39, 0.29) is 11.5 Å². The molecule has 7 heteroatoms. The lowest BCUT2D eigenvalue weighted by Gasteiger charge is -2.02. The summed E-state index contributed by atoms with van der Waals surface area (Å²) in [7, 11) is 0. The number of carbonyl (C=O) groups is 1. The maximum Gasteiger partial charge on any atom is 0.349 e. The zero-order chi connectivity index (χ0) is 15.0. The average molecular weight is 303 g/mol. The summed E-state index contributed by atoms with van der Waals surface area (Å²) >= 11 is 1.14. The van der Waals surface area contributed by atoms with Crippen molar-refractivity contribution in [2.24, 2.45) is 0 Å². The van der Waals surface area contributed by atoms with Crippen LogP contribution in [0.1, 0.15) is 26.8 Å². The van der Waals surface area contributed by atoms with Crippen molar-refractivity contribution in [3.05, 3.63) is 45.7 Å². The minimum absolute atomic E-state index is 0.198. The molecule has 3 aromatic heterocycles. The van der Waals surface area contributed by atoms with E-state index in [1.165, 1.54) is 0 Å². The van der Waals surface area contributed by atoms with Crippen LogP contribution in [0.25, 0.3) is 5.78 Å². The van der Waals surface area contributed by atoms with Gasteiger partial charge in [0.2, 0.25) is 5.78 Å². The van der Waals surface area contributed by atoms with E-state index in [4.69, 9.17) is 9.84 Å². The fraction of sp³-hybridized carbons (Fsp3) is 0.214. The third-order valence-electron chi connectivity index (χ3n) is 3.01. The number of nitrogens with zero attached hydrogens (tertiary/aromatic N) is 3. The van der Waals surface area contributed by atoms with E-state index < -0.39 is 5.97 Å². The largest absolute Gasteiger partial charge is 0.485 e. The van der Waals surface area contributed by atoms with Crippen LogP contribution >= 0.6 is 11.3 Å². The second-order valence-corrected chi connectivity index (χ2v) is 5.57. The summed E-state index contributed by atoms with van der Waals surface area (Å²) in [6.07, 6.45) is 1.85. The number of carboxylic acids is 1. The van der Waals surface area contributed by atoms with Gasteiger partial charge in [-0.2, -0.15) is 0 Å². The molecule has 0 saturated carbocycles. The van der Waals surface area contributed by atoms with Crippen LogP contribution in [-0.4, -0.2) is 25.4 Å². The van der Waals surface area contributed by atoms with Crippen molar-refractivity contribution >= 4 is 23.1 Å². The summed E-state index contributed by atoms with van der Waals surface area (Å²) in [6, 6.07) is 3.62. The molecule has 0 amide bonds. The summed E-state index contributed by atoms with van der Waals surface area (Å²) in [5.41, 5.74) is 2.65. The number of rotatable bonds is 4. The number of carboxylic acid groups (broad SMARTS) is 1. The van der Waals surface area contributed by atoms with Crippen molar-refractivity contribution in [3.63, 3.8) is 0 Å². The van der Waals surface area contributed by atoms with Gasteiger partial charge in [-0.3, -0.25) is 4.40 Å².